The van der Waals surface area contributed by atoms with Crippen LogP contribution in [-0.4, -0.2) is 28.9 Å². The molecule has 0 spiro atoms. The fourth-order valence-electron chi connectivity index (χ4n) is 2.59. The smallest absolute Gasteiger partial charge is 0.243 e. The molecular formula is C18H23N2OSY-. The van der Waals surface area contributed by atoms with Crippen LogP contribution in [0.15, 0.2) is 40.8 Å². The van der Waals surface area contributed by atoms with Gasteiger partial charge >= 0.3 is 0 Å². The van der Waals surface area contributed by atoms with Gasteiger partial charge in [-0.3, -0.25) is 16.4 Å². The van der Waals surface area contributed by atoms with Crippen molar-refractivity contribution in [1.29, 1.82) is 0 Å². The van der Waals surface area contributed by atoms with Crippen molar-refractivity contribution in [2.24, 2.45) is 16.9 Å². The summed E-state index contributed by atoms with van der Waals surface area (Å²) < 4.78 is 0. The summed E-state index contributed by atoms with van der Waals surface area (Å²) in [5.41, 5.74) is 2.04. The Morgan fingerprint density at radius 3 is 2.43 bits per heavy atom. The van der Waals surface area contributed by atoms with Crippen molar-refractivity contribution in [1.82, 2.24) is 5.01 Å². The van der Waals surface area contributed by atoms with E-state index < -0.39 is 0 Å². The third kappa shape index (κ3) is 4.77. The van der Waals surface area contributed by atoms with Gasteiger partial charge in [0.1, 0.15) is 0 Å². The van der Waals surface area contributed by atoms with E-state index in [4.69, 9.17) is 0 Å². The van der Waals surface area contributed by atoms with E-state index in [0.29, 0.717) is 6.42 Å². The first-order valence-electron chi connectivity index (χ1n) is 7.55. The minimum absolute atomic E-state index is 0. The van der Waals surface area contributed by atoms with Crippen molar-refractivity contribution in [3.8, 4) is 0 Å². The van der Waals surface area contributed by atoms with Gasteiger partial charge in [0.15, 0.2) is 0 Å². The van der Waals surface area contributed by atoms with Gasteiger partial charge in [0.05, 0.1) is 5.71 Å². The normalized spacial score (nSPS) is 19.2. The van der Waals surface area contributed by atoms with Crippen molar-refractivity contribution < 1.29 is 37.5 Å². The molecule has 5 heteroatoms. The van der Waals surface area contributed by atoms with Crippen LogP contribution in [0, 0.1) is 17.9 Å². The fourth-order valence-corrected chi connectivity index (χ4v) is 2.99. The number of hydrazone groups is 1. The molecular weight excluding hydrogens is 381 g/mol. The SMILES string of the molecule is C=[C-]C(C(C)C)N1N=C(c2ccc(SC)cc2)CC(C)C1=O.[Y]. The molecule has 2 unspecified atom stereocenters. The summed E-state index contributed by atoms with van der Waals surface area (Å²) in [6, 6.07) is 8.15. The molecule has 0 aromatic heterocycles. The molecule has 0 N–H and O–H groups in total. The number of amides is 1. The van der Waals surface area contributed by atoms with Gasteiger partial charge in [0.2, 0.25) is 5.91 Å². The van der Waals surface area contributed by atoms with E-state index in [0.717, 1.165) is 11.3 Å². The largest absolute Gasteiger partial charge is 0.478 e. The Balaban J connectivity index is 0.00000264. The second-order valence-corrected chi connectivity index (χ2v) is 6.84. The Morgan fingerprint density at radius 1 is 1.35 bits per heavy atom. The molecule has 1 aliphatic heterocycles. The molecule has 1 amide bonds. The standard InChI is InChI=1S/C18H23N2OS.Y/c1-6-17(12(2)3)20-18(21)13(4)11-16(19-20)14-7-9-15(22-5)10-8-14;/h7-10,12-13,17H,1,11H2,2-5H3;/q-1;. The molecule has 1 heterocycles. The van der Waals surface area contributed by atoms with Gasteiger partial charge in [0, 0.05) is 49.9 Å². The van der Waals surface area contributed by atoms with Crippen LogP contribution in [0.5, 0.6) is 0 Å². The van der Waals surface area contributed by atoms with Gasteiger partial charge in [-0.15, -0.1) is 11.8 Å². The van der Waals surface area contributed by atoms with E-state index in [-0.39, 0.29) is 56.5 Å². The van der Waals surface area contributed by atoms with Crippen LogP contribution in [-0.2, 0) is 37.5 Å². The maximum atomic E-state index is 12.5. The summed E-state index contributed by atoms with van der Waals surface area (Å²) in [7, 11) is 0. The predicted octanol–water partition coefficient (Wildman–Crippen LogP) is 3.99. The second kappa shape index (κ2) is 9.15. The summed E-state index contributed by atoms with van der Waals surface area (Å²) in [6.45, 7) is 9.81. The molecule has 0 saturated heterocycles. The van der Waals surface area contributed by atoms with E-state index in [1.165, 1.54) is 4.90 Å². The number of carbonyl (C=O) groups excluding carboxylic acids is 1. The third-order valence-corrected chi connectivity index (χ3v) is 4.65. The molecule has 1 aromatic rings. The number of rotatable bonds is 5. The van der Waals surface area contributed by atoms with Crippen molar-refractivity contribution >= 4 is 23.4 Å². The average Bonchev–Trinajstić information content (AvgIpc) is 2.51. The summed E-state index contributed by atoms with van der Waals surface area (Å²) in [5.74, 6) is 0.220. The number of nitrogens with zero attached hydrogens (tertiary/aromatic N) is 2. The molecule has 2 atom stereocenters. The molecule has 2 rings (SSSR count). The van der Waals surface area contributed by atoms with Gasteiger partial charge in [-0.1, -0.05) is 44.9 Å². The Morgan fingerprint density at radius 2 is 1.96 bits per heavy atom. The monoisotopic (exact) mass is 404 g/mol. The average molecular weight is 404 g/mol. The fraction of sp³-hybridized carbons (Fsp3) is 0.444. The maximum absolute atomic E-state index is 12.5. The molecule has 3 nitrogen and oxygen atoms in total. The number of hydrogen-bond acceptors (Lipinski definition) is 3. The molecule has 121 valence electrons. The summed E-state index contributed by atoms with van der Waals surface area (Å²) >= 11 is 1.72. The summed E-state index contributed by atoms with van der Waals surface area (Å²) in [5, 5.41) is 6.20. The molecule has 0 fully saturated rings. The quantitative estimate of drug-likeness (QED) is 0.549. The third-order valence-electron chi connectivity index (χ3n) is 3.90. The van der Waals surface area contributed by atoms with Crippen LogP contribution in [0.1, 0.15) is 32.8 Å². The zero-order valence-corrected chi connectivity index (χ0v) is 17.9. The number of benzene rings is 1. The van der Waals surface area contributed by atoms with Gasteiger partial charge < -0.3 is 6.08 Å². The maximum Gasteiger partial charge on any atom is 0.243 e. The first-order chi connectivity index (χ1) is 10.5. The van der Waals surface area contributed by atoms with Gasteiger partial charge in [0.25, 0.3) is 0 Å². The van der Waals surface area contributed by atoms with E-state index in [1.807, 2.05) is 6.92 Å². The topological polar surface area (TPSA) is 32.7 Å². The van der Waals surface area contributed by atoms with E-state index >= 15 is 0 Å². The van der Waals surface area contributed by atoms with Crippen LogP contribution in [0.25, 0.3) is 0 Å². The van der Waals surface area contributed by atoms with Gasteiger partial charge in [-0.05, 0) is 24.0 Å². The molecule has 0 bridgehead atoms. The van der Waals surface area contributed by atoms with E-state index in [2.05, 4.69) is 62.1 Å². The van der Waals surface area contributed by atoms with Gasteiger partial charge in [-0.25, -0.2) is 0 Å². The Kier molecular flexibility index (Phi) is 8.19. The van der Waals surface area contributed by atoms with Crippen LogP contribution in [0.4, 0.5) is 0 Å². The summed E-state index contributed by atoms with van der Waals surface area (Å²) in [6.07, 6.45) is 5.69. The second-order valence-electron chi connectivity index (χ2n) is 5.96. The Labute approximate surface area is 168 Å². The van der Waals surface area contributed by atoms with Crippen molar-refractivity contribution in [2.75, 3.05) is 6.26 Å². The molecule has 1 aromatic carbocycles. The Bertz CT molecular complexity index is 583. The molecule has 1 aliphatic rings. The zero-order valence-electron chi connectivity index (χ0n) is 14.2. The van der Waals surface area contributed by atoms with Crippen molar-refractivity contribution in [2.45, 2.75) is 38.1 Å². The van der Waals surface area contributed by atoms with E-state index in [9.17, 15) is 4.79 Å². The number of carbonyl (C=O) groups is 1. The number of hydrogen-bond donors (Lipinski definition) is 0. The molecule has 0 aliphatic carbocycles. The minimum atomic E-state index is -0.185. The number of thioether (sulfide) groups is 1. The van der Waals surface area contributed by atoms with Crippen LogP contribution in [0.2, 0.25) is 0 Å². The van der Waals surface area contributed by atoms with Gasteiger partial charge in [-0.2, -0.15) is 5.10 Å². The van der Waals surface area contributed by atoms with Crippen LogP contribution in [0.3, 0.4) is 0 Å². The van der Waals surface area contributed by atoms with E-state index in [1.54, 1.807) is 16.8 Å². The summed E-state index contributed by atoms with van der Waals surface area (Å²) in [4.78, 5) is 13.7. The first-order valence-corrected chi connectivity index (χ1v) is 8.78. The van der Waals surface area contributed by atoms with Crippen molar-refractivity contribution in [3.63, 3.8) is 0 Å². The zero-order chi connectivity index (χ0) is 16.3. The van der Waals surface area contributed by atoms with Crippen LogP contribution < -0.4 is 0 Å². The Hall–Kier alpha value is -0.446. The molecule has 0 saturated carbocycles. The molecule has 23 heavy (non-hydrogen) atoms. The molecule has 1 radical (unpaired) electrons. The first kappa shape index (κ1) is 20.6. The van der Waals surface area contributed by atoms with Crippen molar-refractivity contribution in [3.05, 3.63) is 42.5 Å². The van der Waals surface area contributed by atoms with Crippen LogP contribution >= 0.6 is 11.8 Å². The predicted molar refractivity (Wildman–Crippen MR) is 92.9 cm³/mol. The minimum Gasteiger partial charge on any atom is -0.478 e.